The lowest BCUT2D eigenvalue weighted by Crippen LogP contribution is -2.66. The van der Waals surface area contributed by atoms with Crippen molar-refractivity contribution >= 4 is 39.9 Å². The lowest BCUT2D eigenvalue weighted by atomic mass is 9.76. The molecule has 12 heteroatoms. The quantitative estimate of drug-likeness (QED) is 0.286. The Morgan fingerprint density at radius 2 is 2.04 bits per heavy atom. The number of fused-ring (bicyclic) bond motifs is 1. The normalized spacial score (nSPS) is 22.9. The molecule has 0 aromatic rings. The number of carbonyl (C=O) groups is 3. The summed E-state index contributed by atoms with van der Waals surface area (Å²) in [4.78, 5) is 36.5. The van der Waals surface area contributed by atoms with Crippen molar-refractivity contribution in [3.63, 3.8) is 0 Å². The second kappa shape index (κ2) is 7.18. The second-order valence-electron chi connectivity index (χ2n) is 6.48. The van der Waals surface area contributed by atoms with Gasteiger partial charge in [0.05, 0.1) is 17.6 Å². The van der Waals surface area contributed by atoms with Crippen LogP contribution in [0.4, 0.5) is 0 Å². The minimum absolute atomic E-state index is 0.133. The van der Waals surface area contributed by atoms with Gasteiger partial charge in [-0.1, -0.05) is 0 Å². The molecule has 1 fully saturated rings. The third kappa shape index (κ3) is 4.19. The highest BCUT2D eigenvalue weighted by Crippen LogP contribution is 2.50. The molecule has 1 saturated heterocycles. The van der Waals surface area contributed by atoms with Crippen LogP contribution in [0.3, 0.4) is 0 Å². The molecule has 2 aliphatic heterocycles. The average Bonchev–Trinajstić information content (AvgIpc) is 2.74. The summed E-state index contributed by atoms with van der Waals surface area (Å²) < 4.78 is 35.6. The van der Waals surface area contributed by atoms with Crippen LogP contribution >= 0.6 is 11.8 Å². The Morgan fingerprint density at radius 1 is 1.42 bits per heavy atom. The largest absolute Gasteiger partial charge is 0.477 e. The van der Waals surface area contributed by atoms with Crippen LogP contribution in [0.5, 0.6) is 0 Å². The third-order valence-electron chi connectivity index (χ3n) is 4.14. The first-order chi connectivity index (χ1) is 11.8. The summed E-state index contributed by atoms with van der Waals surface area (Å²) in [6, 6.07) is -0.561. The van der Waals surface area contributed by atoms with E-state index in [0.717, 1.165) is 4.90 Å². The number of hydrogen-bond acceptors (Lipinski definition) is 7. The monoisotopic (exact) mass is 408 g/mol. The van der Waals surface area contributed by atoms with E-state index in [2.05, 4.69) is 9.50 Å². The lowest BCUT2D eigenvalue weighted by Gasteiger charge is -2.49. The van der Waals surface area contributed by atoms with Crippen LogP contribution in [-0.4, -0.2) is 64.7 Å². The smallest absolute Gasteiger partial charge is 0.397 e. The number of nitrogens with zero attached hydrogens (tertiary/aromatic N) is 1. The van der Waals surface area contributed by atoms with Gasteiger partial charge in [-0.2, -0.15) is 8.42 Å². The van der Waals surface area contributed by atoms with Crippen LogP contribution < -0.4 is 5.32 Å². The van der Waals surface area contributed by atoms with Crippen molar-refractivity contribution in [2.24, 2.45) is 5.92 Å². The van der Waals surface area contributed by atoms with Gasteiger partial charge in [0, 0.05) is 30.5 Å². The molecule has 0 saturated carbocycles. The molecule has 2 rings (SSSR count). The Morgan fingerprint density at radius 3 is 2.54 bits per heavy atom. The van der Waals surface area contributed by atoms with E-state index in [4.69, 9.17) is 4.55 Å². The average molecular weight is 408 g/mol. The van der Waals surface area contributed by atoms with Crippen LogP contribution in [-0.2, 0) is 29.0 Å². The molecule has 0 radical (unpaired) electrons. The highest BCUT2D eigenvalue weighted by molar-refractivity contribution is 8.03. The molecule has 146 valence electrons. The molecular weight excluding hydrogens is 388 g/mol. The van der Waals surface area contributed by atoms with Crippen molar-refractivity contribution in [2.75, 3.05) is 12.3 Å². The van der Waals surface area contributed by atoms with E-state index in [9.17, 15) is 27.9 Å². The first kappa shape index (κ1) is 20.7. The molecular formula is C14H20N2O8S2. The second-order valence-corrected chi connectivity index (χ2v) is 8.69. The van der Waals surface area contributed by atoms with E-state index < -0.39 is 39.8 Å². The Hall–Kier alpha value is -1.63. The maximum absolute atomic E-state index is 12.5. The number of carboxylic acids is 1. The molecule has 2 atom stereocenters. The molecule has 26 heavy (non-hydrogen) atoms. The van der Waals surface area contributed by atoms with Crippen LogP contribution in [0, 0.1) is 5.92 Å². The minimum Gasteiger partial charge on any atom is -0.477 e. The highest BCUT2D eigenvalue weighted by Gasteiger charge is 2.61. The number of β-lactam (4-membered cyclic amide) rings is 1. The summed E-state index contributed by atoms with van der Waals surface area (Å²) in [6.45, 7) is 4.41. The molecule has 2 unspecified atom stereocenters. The summed E-state index contributed by atoms with van der Waals surface area (Å²) in [7, 11) is -4.77. The van der Waals surface area contributed by atoms with Crippen LogP contribution in [0.25, 0.3) is 0 Å². The lowest BCUT2D eigenvalue weighted by molar-refractivity contribution is -0.166. The zero-order chi connectivity index (χ0) is 19.9. The Bertz CT molecular complexity index is 774. The molecule has 2 amide bonds. The highest BCUT2D eigenvalue weighted by atomic mass is 32.3. The van der Waals surface area contributed by atoms with Gasteiger partial charge >= 0.3 is 16.4 Å². The topological polar surface area (TPSA) is 150 Å². The minimum atomic E-state index is -4.77. The van der Waals surface area contributed by atoms with Gasteiger partial charge in [0.15, 0.2) is 0 Å². The summed E-state index contributed by atoms with van der Waals surface area (Å²) >= 11 is 1.22. The Kier molecular flexibility index (Phi) is 5.71. The first-order valence-electron chi connectivity index (χ1n) is 7.70. The molecule has 3 N–H and O–H groups in total. The van der Waals surface area contributed by atoms with Gasteiger partial charge in [0.25, 0.3) is 0 Å². The fourth-order valence-electron chi connectivity index (χ4n) is 3.29. The predicted octanol–water partition coefficient (Wildman–Crippen LogP) is -0.0194. The van der Waals surface area contributed by atoms with E-state index in [1.165, 1.54) is 32.5 Å². The number of carboxylic acid groups (broad SMARTS) is 1. The summed E-state index contributed by atoms with van der Waals surface area (Å²) in [6.07, 6.45) is 0.237. The number of aliphatic carboxylic acids is 1. The number of nitrogens with one attached hydrogen (secondary N) is 1. The maximum atomic E-state index is 12.5. The Balaban J connectivity index is 2.15. The number of amides is 2. The maximum Gasteiger partial charge on any atom is 0.397 e. The van der Waals surface area contributed by atoms with E-state index in [-0.39, 0.29) is 18.0 Å². The molecule has 0 bridgehead atoms. The molecule has 10 nitrogen and oxygen atoms in total. The van der Waals surface area contributed by atoms with Crippen molar-refractivity contribution in [1.29, 1.82) is 0 Å². The van der Waals surface area contributed by atoms with Crippen molar-refractivity contribution in [3.8, 4) is 0 Å². The Labute approximate surface area is 154 Å². The number of thioether (sulfide) groups is 1. The number of carbonyl (C=O) groups excluding carboxylic acids is 2. The van der Waals surface area contributed by atoms with Crippen LogP contribution in [0.15, 0.2) is 10.6 Å². The zero-order valence-corrected chi connectivity index (χ0v) is 16.0. The summed E-state index contributed by atoms with van der Waals surface area (Å²) in [5, 5.41) is 12.0. The van der Waals surface area contributed by atoms with Gasteiger partial charge in [-0.05, 0) is 13.8 Å². The van der Waals surface area contributed by atoms with E-state index >= 15 is 0 Å². The van der Waals surface area contributed by atoms with Gasteiger partial charge in [-0.25, -0.2) is 8.98 Å². The number of rotatable bonds is 8. The summed E-state index contributed by atoms with van der Waals surface area (Å²) in [5.41, 5.74) is -1.65. The fourth-order valence-corrected chi connectivity index (χ4v) is 4.99. The zero-order valence-electron chi connectivity index (χ0n) is 14.4. The van der Waals surface area contributed by atoms with Gasteiger partial charge < -0.3 is 15.3 Å². The molecule has 0 aromatic heterocycles. The van der Waals surface area contributed by atoms with Gasteiger partial charge in [-0.15, -0.1) is 11.8 Å². The SMILES string of the molecule is CC(=O)NCCSC1=C(C(=O)O)N2C(=O)C(C(C)(C)OS(=O)(=O)O)C2C1. The standard InChI is InChI=1S/C14H20N2O8S2/c1-7(17)15-4-5-25-9-6-8-10(14(2,3)24-26(21,22)23)12(18)16(8)11(9)13(19)20/h8,10H,4-6H2,1-3H3,(H,15,17)(H,19,20)(H,21,22,23). The van der Waals surface area contributed by atoms with Crippen LogP contribution in [0.1, 0.15) is 27.2 Å². The molecule has 2 aliphatic rings. The van der Waals surface area contributed by atoms with Crippen molar-refractivity contribution in [2.45, 2.75) is 38.8 Å². The van der Waals surface area contributed by atoms with Crippen molar-refractivity contribution < 1.29 is 36.6 Å². The van der Waals surface area contributed by atoms with Crippen molar-refractivity contribution in [1.82, 2.24) is 10.2 Å². The van der Waals surface area contributed by atoms with Gasteiger partial charge in [0.2, 0.25) is 11.8 Å². The predicted molar refractivity (Wildman–Crippen MR) is 91.3 cm³/mol. The van der Waals surface area contributed by atoms with E-state index in [1.54, 1.807) is 0 Å². The molecule has 0 spiro atoms. The molecule has 0 aliphatic carbocycles. The summed E-state index contributed by atoms with van der Waals surface area (Å²) in [5.74, 6) is -2.51. The van der Waals surface area contributed by atoms with Gasteiger partial charge in [-0.3, -0.25) is 14.1 Å². The van der Waals surface area contributed by atoms with E-state index in [0.29, 0.717) is 17.2 Å². The van der Waals surface area contributed by atoms with Crippen molar-refractivity contribution in [3.05, 3.63) is 10.6 Å². The van der Waals surface area contributed by atoms with Gasteiger partial charge in [0.1, 0.15) is 5.70 Å². The third-order valence-corrected chi connectivity index (χ3v) is 5.90. The molecule has 0 aromatic carbocycles. The molecule has 2 heterocycles. The van der Waals surface area contributed by atoms with E-state index in [1.807, 2.05) is 0 Å². The van der Waals surface area contributed by atoms with Crippen LogP contribution in [0.2, 0.25) is 0 Å². The number of hydrogen-bond donors (Lipinski definition) is 3. The fraction of sp³-hybridized carbons (Fsp3) is 0.643. The first-order valence-corrected chi connectivity index (χ1v) is 10.0.